The van der Waals surface area contributed by atoms with E-state index in [0.29, 0.717) is 25.9 Å². The number of carbonyl (C=O) groups excluding carboxylic acids is 1. The van der Waals surface area contributed by atoms with Crippen LogP contribution in [0, 0.1) is 5.92 Å². The second-order valence-corrected chi connectivity index (χ2v) is 4.91. The molecule has 0 spiro atoms. The van der Waals surface area contributed by atoms with Crippen LogP contribution in [0.1, 0.15) is 18.5 Å². The highest BCUT2D eigenvalue weighted by Crippen LogP contribution is 2.28. The number of hydrogen-bond donors (Lipinski definition) is 2. The van der Waals surface area contributed by atoms with Gasteiger partial charge in [0.25, 0.3) is 0 Å². The van der Waals surface area contributed by atoms with E-state index in [2.05, 4.69) is 15.8 Å². The summed E-state index contributed by atoms with van der Waals surface area (Å²) in [5, 5.41) is 1.76. The Hall–Kier alpha value is -1.87. The summed E-state index contributed by atoms with van der Waals surface area (Å²) in [6, 6.07) is 3.44. The van der Waals surface area contributed by atoms with Gasteiger partial charge in [0.2, 0.25) is 5.91 Å². The number of piperidine rings is 1. The molecule has 0 saturated carbocycles. The maximum absolute atomic E-state index is 12.5. The average Bonchev–Trinajstić information content (AvgIpc) is 2.52. The van der Waals surface area contributed by atoms with E-state index in [9.17, 15) is 18.0 Å². The smallest absolute Gasteiger partial charge is 0.302 e. The van der Waals surface area contributed by atoms with Crippen molar-refractivity contribution in [2.45, 2.75) is 19.0 Å². The standard InChI is InChI=1S/C13H17F3N4O2/c1-22-20-7-5-9(6-8-20)12(21)19-18-11-4-2-3-10(17-11)13(14,15)16/h2-4,9H,5-8H2,1H3,(H,17,18)(H,19,21). The number of amides is 1. The minimum atomic E-state index is -4.52. The predicted molar refractivity (Wildman–Crippen MR) is 72.3 cm³/mol. The quantitative estimate of drug-likeness (QED) is 0.829. The van der Waals surface area contributed by atoms with Crippen LogP contribution in [-0.4, -0.2) is 36.2 Å². The minimum Gasteiger partial charge on any atom is -0.302 e. The summed E-state index contributed by atoms with van der Waals surface area (Å²) in [7, 11) is 1.57. The van der Waals surface area contributed by atoms with E-state index in [-0.39, 0.29) is 17.6 Å². The molecule has 6 nitrogen and oxygen atoms in total. The highest BCUT2D eigenvalue weighted by Gasteiger charge is 2.32. The topological polar surface area (TPSA) is 66.5 Å². The molecule has 0 atom stereocenters. The first-order chi connectivity index (χ1) is 10.4. The van der Waals surface area contributed by atoms with Gasteiger partial charge in [-0.1, -0.05) is 6.07 Å². The number of rotatable bonds is 4. The first kappa shape index (κ1) is 16.5. The normalized spacial score (nSPS) is 17.3. The lowest BCUT2D eigenvalue weighted by atomic mass is 9.97. The summed E-state index contributed by atoms with van der Waals surface area (Å²) in [4.78, 5) is 20.4. The number of hydrazine groups is 1. The van der Waals surface area contributed by atoms with E-state index in [1.807, 2.05) is 0 Å². The third-order valence-corrected chi connectivity index (χ3v) is 3.44. The molecule has 22 heavy (non-hydrogen) atoms. The van der Waals surface area contributed by atoms with Crippen molar-refractivity contribution in [3.63, 3.8) is 0 Å². The van der Waals surface area contributed by atoms with Crippen LogP contribution in [0.3, 0.4) is 0 Å². The Balaban J connectivity index is 1.86. The van der Waals surface area contributed by atoms with Crippen molar-refractivity contribution in [1.29, 1.82) is 0 Å². The number of hydroxylamine groups is 2. The molecular weight excluding hydrogens is 301 g/mol. The Morgan fingerprint density at radius 3 is 2.64 bits per heavy atom. The molecule has 0 bridgehead atoms. The van der Waals surface area contributed by atoms with Crippen LogP contribution < -0.4 is 10.9 Å². The maximum atomic E-state index is 12.5. The third kappa shape index (κ3) is 4.31. The number of anilines is 1. The van der Waals surface area contributed by atoms with Crippen molar-refractivity contribution in [3.05, 3.63) is 23.9 Å². The van der Waals surface area contributed by atoms with Gasteiger partial charge < -0.3 is 4.84 Å². The molecule has 0 radical (unpaired) electrons. The predicted octanol–water partition coefficient (Wildman–Crippen LogP) is 1.82. The van der Waals surface area contributed by atoms with Crippen molar-refractivity contribution < 1.29 is 22.8 Å². The number of pyridine rings is 1. The van der Waals surface area contributed by atoms with Crippen molar-refractivity contribution in [2.24, 2.45) is 5.92 Å². The van der Waals surface area contributed by atoms with Crippen LogP contribution in [0.2, 0.25) is 0 Å². The first-order valence-electron chi connectivity index (χ1n) is 6.79. The van der Waals surface area contributed by atoms with E-state index in [0.717, 1.165) is 6.07 Å². The van der Waals surface area contributed by atoms with E-state index < -0.39 is 11.9 Å². The molecule has 1 aromatic rings. The summed E-state index contributed by atoms with van der Waals surface area (Å²) in [5.41, 5.74) is 3.81. The molecule has 1 aliphatic rings. The van der Waals surface area contributed by atoms with Gasteiger partial charge in [-0.05, 0) is 25.0 Å². The number of alkyl halides is 3. The Morgan fingerprint density at radius 2 is 2.05 bits per heavy atom. The number of hydrogen-bond acceptors (Lipinski definition) is 5. The molecule has 0 aliphatic carbocycles. The molecule has 122 valence electrons. The lowest BCUT2D eigenvalue weighted by Crippen LogP contribution is -2.42. The number of nitrogens with one attached hydrogen (secondary N) is 2. The summed E-state index contributed by atoms with van der Waals surface area (Å²) in [6.45, 7) is 1.27. The minimum absolute atomic E-state index is 0.0579. The van der Waals surface area contributed by atoms with Gasteiger partial charge in [0.15, 0.2) is 0 Å². The number of carbonyl (C=O) groups is 1. The lowest BCUT2D eigenvalue weighted by molar-refractivity contribution is -0.154. The molecule has 1 saturated heterocycles. The highest BCUT2D eigenvalue weighted by molar-refractivity contribution is 5.79. The van der Waals surface area contributed by atoms with Gasteiger partial charge in [0.05, 0.1) is 7.11 Å². The molecule has 1 aliphatic heterocycles. The SMILES string of the molecule is CON1CCC(C(=O)NNc2cccc(C(F)(F)F)n2)CC1. The zero-order valence-electron chi connectivity index (χ0n) is 12.0. The van der Waals surface area contributed by atoms with Gasteiger partial charge in [0.1, 0.15) is 11.5 Å². The monoisotopic (exact) mass is 318 g/mol. The zero-order chi connectivity index (χ0) is 16.2. The van der Waals surface area contributed by atoms with Gasteiger partial charge in [-0.25, -0.2) is 4.98 Å². The van der Waals surface area contributed by atoms with Gasteiger partial charge in [0, 0.05) is 19.0 Å². The largest absolute Gasteiger partial charge is 0.433 e. The first-order valence-corrected chi connectivity index (χ1v) is 6.79. The van der Waals surface area contributed by atoms with E-state index in [1.54, 1.807) is 12.2 Å². The van der Waals surface area contributed by atoms with Gasteiger partial charge >= 0.3 is 6.18 Å². The summed E-state index contributed by atoms with van der Waals surface area (Å²) < 4.78 is 37.6. The molecule has 0 aromatic carbocycles. The van der Waals surface area contributed by atoms with Gasteiger partial charge in [-0.15, -0.1) is 0 Å². The molecule has 9 heteroatoms. The fourth-order valence-corrected chi connectivity index (χ4v) is 2.19. The van der Waals surface area contributed by atoms with Gasteiger partial charge in [-0.3, -0.25) is 15.6 Å². The second kappa shape index (κ2) is 6.93. The Bertz CT molecular complexity index is 516. The Kier molecular flexibility index (Phi) is 5.19. The van der Waals surface area contributed by atoms with Crippen molar-refractivity contribution in [2.75, 3.05) is 25.6 Å². The lowest BCUT2D eigenvalue weighted by Gasteiger charge is -2.29. The Labute approximate surface area is 125 Å². The van der Waals surface area contributed by atoms with E-state index in [1.165, 1.54) is 12.1 Å². The van der Waals surface area contributed by atoms with Crippen LogP contribution in [0.4, 0.5) is 19.0 Å². The molecule has 1 amide bonds. The molecule has 2 N–H and O–H groups in total. The fraction of sp³-hybridized carbons (Fsp3) is 0.538. The Morgan fingerprint density at radius 1 is 1.36 bits per heavy atom. The van der Waals surface area contributed by atoms with E-state index >= 15 is 0 Å². The maximum Gasteiger partial charge on any atom is 0.433 e. The van der Waals surface area contributed by atoms with Gasteiger partial charge in [-0.2, -0.15) is 18.2 Å². The molecule has 1 aromatic heterocycles. The molecule has 2 rings (SSSR count). The van der Waals surface area contributed by atoms with Crippen LogP contribution >= 0.6 is 0 Å². The van der Waals surface area contributed by atoms with Crippen molar-refractivity contribution >= 4 is 11.7 Å². The van der Waals surface area contributed by atoms with Crippen LogP contribution in [-0.2, 0) is 15.8 Å². The van der Waals surface area contributed by atoms with Crippen LogP contribution in [0.25, 0.3) is 0 Å². The second-order valence-electron chi connectivity index (χ2n) is 4.91. The number of halogens is 3. The highest BCUT2D eigenvalue weighted by atomic mass is 19.4. The number of nitrogens with zero attached hydrogens (tertiary/aromatic N) is 2. The average molecular weight is 318 g/mol. The molecule has 2 heterocycles. The summed E-state index contributed by atoms with van der Waals surface area (Å²) in [6.07, 6.45) is -3.27. The summed E-state index contributed by atoms with van der Waals surface area (Å²) in [5.74, 6) is -0.530. The van der Waals surface area contributed by atoms with Crippen molar-refractivity contribution in [1.82, 2.24) is 15.5 Å². The zero-order valence-corrected chi connectivity index (χ0v) is 12.0. The molecule has 1 fully saturated rings. The van der Waals surface area contributed by atoms with Crippen LogP contribution in [0.15, 0.2) is 18.2 Å². The summed E-state index contributed by atoms with van der Waals surface area (Å²) >= 11 is 0. The molecular formula is C13H17F3N4O2. The fourth-order valence-electron chi connectivity index (χ4n) is 2.19. The van der Waals surface area contributed by atoms with Crippen molar-refractivity contribution in [3.8, 4) is 0 Å². The third-order valence-electron chi connectivity index (χ3n) is 3.44. The van der Waals surface area contributed by atoms with Crippen LogP contribution in [0.5, 0.6) is 0 Å². The molecule has 0 unspecified atom stereocenters. The van der Waals surface area contributed by atoms with E-state index in [4.69, 9.17) is 4.84 Å². The number of aromatic nitrogens is 1.